The van der Waals surface area contributed by atoms with Gasteiger partial charge in [0.05, 0.1) is 17.5 Å². The van der Waals surface area contributed by atoms with Gasteiger partial charge in [0.15, 0.2) is 5.76 Å². The zero-order chi connectivity index (χ0) is 15.1. The number of hydrogen-bond donors (Lipinski definition) is 2. The van der Waals surface area contributed by atoms with E-state index in [2.05, 4.69) is 22.5 Å². The first kappa shape index (κ1) is 21.4. The summed E-state index contributed by atoms with van der Waals surface area (Å²) in [6.45, 7) is 6.29. The van der Waals surface area contributed by atoms with Gasteiger partial charge in [0.1, 0.15) is 5.69 Å². The quantitative estimate of drug-likeness (QED) is 0.744. The van der Waals surface area contributed by atoms with Gasteiger partial charge >= 0.3 is 0 Å². The second kappa shape index (κ2) is 11.0. The molecule has 0 saturated heterocycles. The van der Waals surface area contributed by atoms with Gasteiger partial charge in [0.2, 0.25) is 0 Å². The Balaban J connectivity index is 0.00000242. The van der Waals surface area contributed by atoms with Gasteiger partial charge in [-0.05, 0) is 44.2 Å². The Labute approximate surface area is 149 Å². The summed E-state index contributed by atoms with van der Waals surface area (Å²) in [4.78, 5) is 16.5. The van der Waals surface area contributed by atoms with Crippen LogP contribution < -0.4 is 10.6 Å². The Morgan fingerprint density at radius 3 is 2.57 bits per heavy atom. The number of furan rings is 1. The summed E-state index contributed by atoms with van der Waals surface area (Å²) in [5.41, 5.74) is 2.03. The molecule has 2 N–H and O–H groups in total. The third-order valence-corrected chi connectivity index (χ3v) is 3.12. The van der Waals surface area contributed by atoms with E-state index in [1.54, 1.807) is 18.4 Å². The first-order valence-electron chi connectivity index (χ1n) is 7.22. The molecule has 0 aromatic carbocycles. The molecule has 23 heavy (non-hydrogen) atoms. The molecule has 2 heterocycles. The highest BCUT2D eigenvalue weighted by Gasteiger charge is 2.11. The summed E-state index contributed by atoms with van der Waals surface area (Å²) in [6.07, 6.45) is 2.70. The molecule has 0 aliphatic heterocycles. The fourth-order valence-corrected chi connectivity index (χ4v) is 2.02. The van der Waals surface area contributed by atoms with E-state index in [4.69, 9.17) is 4.42 Å². The van der Waals surface area contributed by atoms with Gasteiger partial charge < -0.3 is 15.1 Å². The van der Waals surface area contributed by atoms with Crippen molar-refractivity contribution < 1.29 is 9.21 Å². The second-order valence-corrected chi connectivity index (χ2v) is 4.81. The topological polar surface area (TPSA) is 67.2 Å². The minimum Gasteiger partial charge on any atom is -0.463 e. The number of nitrogens with zero attached hydrogens (tertiary/aromatic N) is 1. The maximum absolute atomic E-state index is 12.1. The maximum Gasteiger partial charge on any atom is 0.253 e. The number of hydrogen-bond acceptors (Lipinski definition) is 4. The van der Waals surface area contributed by atoms with Gasteiger partial charge in [-0.15, -0.1) is 24.8 Å². The summed E-state index contributed by atoms with van der Waals surface area (Å²) >= 11 is 0. The number of aryl methyl sites for hydroxylation is 1. The lowest BCUT2D eigenvalue weighted by Crippen LogP contribution is -2.32. The first-order valence-corrected chi connectivity index (χ1v) is 7.22. The monoisotopic (exact) mass is 359 g/mol. The molecule has 5 nitrogen and oxygen atoms in total. The number of halogens is 2. The number of aromatic nitrogens is 1. The SMILES string of the molecule is CCCNCCNC(=O)c1ccc(-c2ccco2)nc1C.Cl.Cl. The van der Waals surface area contributed by atoms with Crippen molar-refractivity contribution in [3.63, 3.8) is 0 Å². The number of nitrogens with one attached hydrogen (secondary N) is 2. The average molecular weight is 360 g/mol. The molecule has 0 unspecified atom stereocenters. The van der Waals surface area contributed by atoms with E-state index in [1.807, 2.05) is 19.1 Å². The Hall–Kier alpha value is -1.56. The predicted molar refractivity (Wildman–Crippen MR) is 96.7 cm³/mol. The molecule has 0 fully saturated rings. The van der Waals surface area contributed by atoms with Crippen LogP contribution >= 0.6 is 24.8 Å². The fraction of sp³-hybridized carbons (Fsp3) is 0.375. The molecule has 0 aliphatic carbocycles. The highest BCUT2D eigenvalue weighted by molar-refractivity contribution is 5.95. The number of amides is 1. The summed E-state index contributed by atoms with van der Waals surface area (Å²) in [5, 5.41) is 6.13. The summed E-state index contributed by atoms with van der Waals surface area (Å²) < 4.78 is 5.31. The van der Waals surface area contributed by atoms with Crippen LogP contribution in [0.4, 0.5) is 0 Å². The molecule has 2 rings (SSSR count). The maximum atomic E-state index is 12.1. The van der Waals surface area contributed by atoms with E-state index >= 15 is 0 Å². The van der Waals surface area contributed by atoms with E-state index in [1.165, 1.54) is 0 Å². The van der Waals surface area contributed by atoms with E-state index < -0.39 is 0 Å². The van der Waals surface area contributed by atoms with Gasteiger partial charge in [0, 0.05) is 13.1 Å². The number of carbonyl (C=O) groups excluding carboxylic acids is 1. The van der Waals surface area contributed by atoms with Crippen molar-refractivity contribution >= 4 is 30.7 Å². The van der Waals surface area contributed by atoms with E-state index in [-0.39, 0.29) is 30.7 Å². The van der Waals surface area contributed by atoms with Gasteiger partial charge in [-0.1, -0.05) is 6.92 Å². The molecule has 2 aromatic rings. The van der Waals surface area contributed by atoms with Crippen molar-refractivity contribution in [3.8, 4) is 11.5 Å². The zero-order valence-electron chi connectivity index (χ0n) is 13.3. The summed E-state index contributed by atoms with van der Waals surface area (Å²) in [5.74, 6) is 0.609. The second-order valence-electron chi connectivity index (χ2n) is 4.81. The van der Waals surface area contributed by atoms with Gasteiger partial charge in [-0.25, -0.2) is 4.98 Å². The number of carbonyl (C=O) groups is 1. The Morgan fingerprint density at radius 2 is 1.96 bits per heavy atom. The molecule has 0 radical (unpaired) electrons. The predicted octanol–water partition coefficient (Wildman–Crippen LogP) is 3.22. The highest BCUT2D eigenvalue weighted by Crippen LogP contribution is 2.19. The van der Waals surface area contributed by atoms with Crippen LogP contribution in [0.1, 0.15) is 29.4 Å². The van der Waals surface area contributed by atoms with Crippen LogP contribution in [0.2, 0.25) is 0 Å². The number of pyridine rings is 1. The standard InChI is InChI=1S/C16H21N3O2.2ClH/c1-3-8-17-9-10-18-16(20)13-6-7-14(19-12(13)2)15-5-4-11-21-15;;/h4-7,11,17H,3,8-10H2,1-2H3,(H,18,20);2*1H. The van der Waals surface area contributed by atoms with Gasteiger partial charge in [0.25, 0.3) is 5.91 Å². The lowest BCUT2D eigenvalue weighted by molar-refractivity contribution is 0.0953. The normalized spacial score (nSPS) is 9.65. The van der Waals surface area contributed by atoms with Crippen molar-refractivity contribution in [2.45, 2.75) is 20.3 Å². The Bertz CT molecular complexity index is 589. The molecule has 0 aliphatic rings. The Morgan fingerprint density at radius 1 is 1.17 bits per heavy atom. The van der Waals surface area contributed by atoms with Crippen LogP contribution in [0.25, 0.3) is 11.5 Å². The molecule has 128 valence electrons. The highest BCUT2D eigenvalue weighted by atomic mass is 35.5. The third kappa shape index (κ3) is 6.22. The minimum absolute atomic E-state index is 0. The van der Waals surface area contributed by atoms with Crippen molar-refractivity contribution in [2.75, 3.05) is 19.6 Å². The molecular formula is C16H23Cl2N3O2. The van der Waals surface area contributed by atoms with Crippen LogP contribution in [0, 0.1) is 6.92 Å². The van der Waals surface area contributed by atoms with Crippen molar-refractivity contribution in [3.05, 3.63) is 41.8 Å². The first-order chi connectivity index (χ1) is 10.2. The lowest BCUT2D eigenvalue weighted by Gasteiger charge is -2.08. The van der Waals surface area contributed by atoms with Crippen LogP contribution in [0.3, 0.4) is 0 Å². The average Bonchev–Trinajstić information content (AvgIpc) is 3.01. The van der Waals surface area contributed by atoms with Crippen molar-refractivity contribution in [1.29, 1.82) is 0 Å². The summed E-state index contributed by atoms with van der Waals surface area (Å²) in [6, 6.07) is 7.25. The summed E-state index contributed by atoms with van der Waals surface area (Å²) in [7, 11) is 0. The van der Waals surface area contributed by atoms with Crippen LogP contribution in [0.5, 0.6) is 0 Å². The van der Waals surface area contributed by atoms with Gasteiger partial charge in [-0.2, -0.15) is 0 Å². The molecular weight excluding hydrogens is 337 g/mol. The zero-order valence-corrected chi connectivity index (χ0v) is 14.9. The molecule has 0 saturated carbocycles. The lowest BCUT2D eigenvalue weighted by atomic mass is 10.1. The minimum atomic E-state index is -0.0932. The molecule has 0 spiro atoms. The van der Waals surface area contributed by atoms with Gasteiger partial charge in [-0.3, -0.25) is 4.79 Å². The van der Waals surface area contributed by atoms with Crippen LogP contribution in [-0.2, 0) is 0 Å². The van der Waals surface area contributed by atoms with Crippen molar-refractivity contribution in [1.82, 2.24) is 15.6 Å². The fourth-order valence-electron chi connectivity index (χ4n) is 2.02. The molecule has 7 heteroatoms. The van der Waals surface area contributed by atoms with Crippen LogP contribution in [-0.4, -0.2) is 30.5 Å². The molecule has 1 amide bonds. The smallest absolute Gasteiger partial charge is 0.253 e. The molecule has 0 bridgehead atoms. The Kier molecular flexibility index (Phi) is 10.3. The largest absolute Gasteiger partial charge is 0.463 e. The van der Waals surface area contributed by atoms with E-state index in [0.29, 0.717) is 23.6 Å². The third-order valence-electron chi connectivity index (χ3n) is 3.12. The molecule has 2 aromatic heterocycles. The van der Waals surface area contributed by atoms with E-state index in [9.17, 15) is 4.79 Å². The van der Waals surface area contributed by atoms with Crippen LogP contribution in [0.15, 0.2) is 34.9 Å². The van der Waals surface area contributed by atoms with E-state index in [0.717, 1.165) is 25.2 Å². The number of rotatable bonds is 7. The molecule has 0 atom stereocenters. The van der Waals surface area contributed by atoms with Crippen molar-refractivity contribution in [2.24, 2.45) is 0 Å².